The zero-order valence-corrected chi connectivity index (χ0v) is 15.9. The van der Waals surface area contributed by atoms with Crippen molar-refractivity contribution in [1.82, 2.24) is 9.88 Å². The molecule has 2 aromatic rings. The average Bonchev–Trinajstić information content (AvgIpc) is 3.38. The summed E-state index contributed by atoms with van der Waals surface area (Å²) in [6, 6.07) is 10.9. The number of likely N-dealkylation sites (tertiary alicyclic amines) is 1. The van der Waals surface area contributed by atoms with Crippen molar-refractivity contribution < 1.29 is 19.1 Å². The average molecular weight is 391 g/mol. The van der Waals surface area contributed by atoms with E-state index in [0.29, 0.717) is 24.5 Å². The van der Waals surface area contributed by atoms with Gasteiger partial charge in [0.05, 0.1) is 31.6 Å². The topological polar surface area (TPSA) is 80.8 Å². The number of rotatable bonds is 5. The van der Waals surface area contributed by atoms with Gasteiger partial charge in [-0.2, -0.15) is 0 Å². The first-order valence-electron chi connectivity index (χ1n) is 9.59. The lowest BCUT2D eigenvalue weighted by Gasteiger charge is -2.23. The molecule has 29 heavy (non-hydrogen) atoms. The molecule has 0 radical (unpaired) electrons. The van der Waals surface area contributed by atoms with E-state index >= 15 is 0 Å². The Kier molecular flexibility index (Phi) is 4.13. The molecular formula is C22H21N3O4. The highest BCUT2D eigenvalue weighted by atomic mass is 16.5. The van der Waals surface area contributed by atoms with E-state index in [1.54, 1.807) is 48.7 Å². The second-order valence-electron chi connectivity index (χ2n) is 7.67. The molecule has 0 saturated carbocycles. The highest BCUT2D eigenvalue weighted by Crippen LogP contribution is 2.52. The summed E-state index contributed by atoms with van der Waals surface area (Å²) in [5, 5.41) is 2.93. The summed E-state index contributed by atoms with van der Waals surface area (Å²) in [5.41, 5.74) is 0.953. The summed E-state index contributed by atoms with van der Waals surface area (Å²) < 4.78 is 11.3. The molecule has 1 aromatic heterocycles. The molecular weight excluding hydrogens is 370 g/mol. The van der Waals surface area contributed by atoms with Crippen LogP contribution in [0.15, 0.2) is 60.9 Å². The molecule has 0 aliphatic carbocycles. The molecule has 7 nitrogen and oxygen atoms in total. The number of carbonyl (C=O) groups is 2. The molecule has 2 bridgehead atoms. The number of nitrogens with one attached hydrogen (secondary N) is 1. The number of benzene rings is 1. The van der Waals surface area contributed by atoms with Gasteiger partial charge in [-0.3, -0.25) is 14.6 Å². The van der Waals surface area contributed by atoms with Crippen molar-refractivity contribution in [2.24, 2.45) is 11.8 Å². The second-order valence-corrected chi connectivity index (χ2v) is 7.67. The van der Waals surface area contributed by atoms with E-state index in [9.17, 15) is 9.59 Å². The van der Waals surface area contributed by atoms with Crippen LogP contribution < -0.4 is 10.1 Å². The van der Waals surface area contributed by atoms with Crippen molar-refractivity contribution in [2.75, 3.05) is 19.0 Å². The number of carbonyl (C=O) groups excluding carboxylic acids is 2. The van der Waals surface area contributed by atoms with E-state index in [1.165, 1.54) is 0 Å². The normalized spacial score (nSPS) is 29.2. The summed E-state index contributed by atoms with van der Waals surface area (Å²) in [4.78, 5) is 32.1. The van der Waals surface area contributed by atoms with Gasteiger partial charge in [-0.15, -0.1) is 0 Å². The lowest BCUT2D eigenvalue weighted by atomic mass is 9.77. The van der Waals surface area contributed by atoms with Crippen molar-refractivity contribution >= 4 is 17.5 Å². The van der Waals surface area contributed by atoms with E-state index in [2.05, 4.69) is 10.3 Å². The van der Waals surface area contributed by atoms with Gasteiger partial charge in [0.15, 0.2) is 0 Å². The molecule has 3 aliphatic rings. The van der Waals surface area contributed by atoms with Crippen molar-refractivity contribution in [3.8, 4) is 5.75 Å². The largest absolute Gasteiger partial charge is 0.497 e. The summed E-state index contributed by atoms with van der Waals surface area (Å²) in [6.45, 7) is 0.937. The molecule has 4 atom stereocenters. The van der Waals surface area contributed by atoms with Crippen molar-refractivity contribution in [3.63, 3.8) is 0 Å². The number of fused-ring (bicyclic) bond motifs is 1. The summed E-state index contributed by atoms with van der Waals surface area (Å²) in [6.07, 6.45) is 6.93. The third kappa shape index (κ3) is 2.89. The molecule has 4 heterocycles. The molecule has 2 fully saturated rings. The Balaban J connectivity index is 1.36. The Labute approximate surface area is 168 Å². The van der Waals surface area contributed by atoms with Crippen molar-refractivity contribution in [2.45, 2.75) is 18.2 Å². The van der Waals surface area contributed by atoms with Crippen LogP contribution in [-0.4, -0.2) is 47.1 Å². The SMILES string of the molecule is COc1ccc(NC(=O)[C@@H]2[C@H]3C(=O)N(Cc4ccncc4)C[C@]34C=C[C@H]2O4)cc1. The fourth-order valence-corrected chi connectivity index (χ4v) is 4.62. The molecule has 1 N–H and O–H groups in total. The van der Waals surface area contributed by atoms with Crippen molar-refractivity contribution in [1.29, 1.82) is 0 Å². The summed E-state index contributed by atoms with van der Waals surface area (Å²) in [7, 11) is 1.59. The predicted molar refractivity (Wildman–Crippen MR) is 105 cm³/mol. The first-order valence-corrected chi connectivity index (χ1v) is 9.59. The van der Waals surface area contributed by atoms with E-state index in [0.717, 1.165) is 5.56 Å². The Morgan fingerprint density at radius 2 is 2.03 bits per heavy atom. The van der Waals surface area contributed by atoms with E-state index in [4.69, 9.17) is 9.47 Å². The number of anilines is 1. The van der Waals surface area contributed by atoms with E-state index in [1.807, 2.05) is 24.3 Å². The molecule has 2 amide bonds. The molecule has 148 valence electrons. The number of hydrogen-bond acceptors (Lipinski definition) is 5. The van der Waals surface area contributed by atoms with Gasteiger partial charge in [-0.05, 0) is 42.0 Å². The smallest absolute Gasteiger partial charge is 0.231 e. The number of ether oxygens (including phenoxy) is 2. The van der Waals surface area contributed by atoms with Crippen LogP contribution in [0.2, 0.25) is 0 Å². The number of pyridine rings is 1. The Hall–Kier alpha value is -3.19. The van der Waals surface area contributed by atoms with E-state index < -0.39 is 17.4 Å². The summed E-state index contributed by atoms with van der Waals surface area (Å²) in [5.74, 6) is -0.570. The maximum absolute atomic E-state index is 13.2. The van der Waals surface area contributed by atoms with Crippen LogP contribution in [0.1, 0.15) is 5.56 Å². The molecule has 1 spiro atoms. The van der Waals surface area contributed by atoms with Crippen LogP contribution in [0.5, 0.6) is 5.75 Å². The maximum atomic E-state index is 13.2. The highest BCUT2D eigenvalue weighted by molar-refractivity contribution is 5.99. The van der Waals surface area contributed by atoms with E-state index in [-0.39, 0.29) is 17.9 Å². The van der Waals surface area contributed by atoms with Gasteiger partial charge in [-0.25, -0.2) is 0 Å². The Morgan fingerprint density at radius 3 is 2.76 bits per heavy atom. The van der Waals surface area contributed by atoms with Crippen LogP contribution >= 0.6 is 0 Å². The third-order valence-corrected chi connectivity index (χ3v) is 5.96. The highest BCUT2D eigenvalue weighted by Gasteiger charge is 2.66. The Morgan fingerprint density at radius 1 is 1.28 bits per heavy atom. The summed E-state index contributed by atoms with van der Waals surface area (Å²) >= 11 is 0. The van der Waals surface area contributed by atoms with Gasteiger partial charge < -0.3 is 19.7 Å². The zero-order chi connectivity index (χ0) is 20.0. The van der Waals surface area contributed by atoms with Crippen LogP contribution in [0.25, 0.3) is 0 Å². The van der Waals surface area contributed by atoms with Gasteiger partial charge in [0, 0.05) is 24.6 Å². The minimum Gasteiger partial charge on any atom is -0.497 e. The van der Waals surface area contributed by atoms with Crippen LogP contribution in [0, 0.1) is 11.8 Å². The third-order valence-electron chi connectivity index (χ3n) is 5.96. The molecule has 5 rings (SSSR count). The number of aromatic nitrogens is 1. The van der Waals surface area contributed by atoms with Gasteiger partial charge in [0.25, 0.3) is 0 Å². The molecule has 3 aliphatic heterocycles. The minimum absolute atomic E-state index is 0.0384. The first-order chi connectivity index (χ1) is 14.1. The fourth-order valence-electron chi connectivity index (χ4n) is 4.62. The Bertz CT molecular complexity index is 975. The van der Waals surface area contributed by atoms with Gasteiger partial charge in [-0.1, -0.05) is 12.2 Å². The van der Waals surface area contributed by atoms with Gasteiger partial charge in [0.1, 0.15) is 11.4 Å². The monoisotopic (exact) mass is 391 g/mol. The molecule has 2 saturated heterocycles. The zero-order valence-electron chi connectivity index (χ0n) is 15.9. The standard InChI is InChI=1S/C22H21N3O4/c1-28-16-4-2-15(3-5-16)24-20(26)18-17-6-9-22(29-17)13-25(21(27)19(18)22)12-14-7-10-23-11-8-14/h2-11,17-19H,12-13H2,1H3,(H,24,26)/t17-,18+,19+,22-/m1/s1. The van der Waals surface area contributed by atoms with Crippen LogP contribution in [-0.2, 0) is 20.9 Å². The molecule has 1 aromatic carbocycles. The lowest BCUT2D eigenvalue weighted by molar-refractivity contribution is -0.136. The fraction of sp³-hybridized carbons (Fsp3) is 0.318. The number of amides is 2. The van der Waals surface area contributed by atoms with Crippen LogP contribution in [0.4, 0.5) is 5.69 Å². The predicted octanol–water partition coefficient (Wildman–Crippen LogP) is 2.01. The second kappa shape index (κ2) is 6.70. The van der Waals surface area contributed by atoms with Crippen molar-refractivity contribution in [3.05, 3.63) is 66.5 Å². The van der Waals surface area contributed by atoms with Gasteiger partial charge in [0.2, 0.25) is 11.8 Å². The quantitative estimate of drug-likeness (QED) is 0.789. The lowest BCUT2D eigenvalue weighted by Crippen LogP contribution is -2.41. The minimum atomic E-state index is -0.712. The first kappa shape index (κ1) is 17.9. The van der Waals surface area contributed by atoms with Gasteiger partial charge >= 0.3 is 0 Å². The number of hydrogen-bond donors (Lipinski definition) is 1. The number of methoxy groups -OCH3 is 1. The maximum Gasteiger partial charge on any atom is 0.231 e. The molecule has 7 heteroatoms. The van der Waals surface area contributed by atoms with Crippen LogP contribution in [0.3, 0.4) is 0 Å². The number of nitrogens with zero attached hydrogens (tertiary/aromatic N) is 2. The molecule has 0 unspecified atom stereocenters.